The first-order chi connectivity index (χ1) is 7.45. The minimum absolute atomic E-state index is 0.858. The molecule has 0 radical (unpaired) electrons. The van der Waals surface area contributed by atoms with Gasteiger partial charge in [0.15, 0.2) is 0 Å². The molecule has 0 unspecified atom stereocenters. The Bertz CT molecular complexity index is 451. The van der Waals surface area contributed by atoms with Gasteiger partial charge in [-0.25, -0.2) is 0 Å². The Morgan fingerprint density at radius 1 is 1.33 bits per heavy atom. The number of benzene rings is 1. The standard InChI is InChI=1S/C11H11N3O/c1-2-8-3-4-10-9(11(8)12-6-1)5-7-15-14-13-10/h3-5,7,12H,1-2,6H2. The van der Waals surface area contributed by atoms with Gasteiger partial charge < -0.3 is 10.2 Å². The zero-order valence-electron chi connectivity index (χ0n) is 8.23. The van der Waals surface area contributed by atoms with Gasteiger partial charge >= 0.3 is 0 Å². The van der Waals surface area contributed by atoms with Crippen LogP contribution in [0.15, 0.2) is 28.8 Å². The average molecular weight is 201 g/mol. The van der Waals surface area contributed by atoms with Gasteiger partial charge in [0, 0.05) is 23.1 Å². The molecule has 0 amide bonds. The summed E-state index contributed by atoms with van der Waals surface area (Å²) in [5.74, 6) is 0. The van der Waals surface area contributed by atoms with E-state index in [1.807, 2.05) is 12.1 Å². The van der Waals surface area contributed by atoms with Crippen molar-refractivity contribution in [3.63, 3.8) is 0 Å². The molecule has 2 aliphatic heterocycles. The molecule has 1 aromatic rings. The maximum atomic E-state index is 4.82. The topological polar surface area (TPSA) is 46.0 Å². The van der Waals surface area contributed by atoms with E-state index in [1.54, 1.807) is 6.26 Å². The van der Waals surface area contributed by atoms with E-state index in [4.69, 9.17) is 4.84 Å². The van der Waals surface area contributed by atoms with Gasteiger partial charge in [0.05, 0.1) is 5.69 Å². The number of hydrogen-bond acceptors (Lipinski definition) is 4. The fraction of sp³-hybridized carbons (Fsp3) is 0.273. The summed E-state index contributed by atoms with van der Waals surface area (Å²) < 4.78 is 0. The van der Waals surface area contributed by atoms with Crippen LogP contribution in [0.1, 0.15) is 17.5 Å². The van der Waals surface area contributed by atoms with E-state index < -0.39 is 0 Å². The molecule has 0 bridgehead atoms. The molecule has 0 saturated carbocycles. The Kier molecular flexibility index (Phi) is 1.91. The largest absolute Gasteiger partial charge is 0.384 e. The minimum Gasteiger partial charge on any atom is -0.384 e. The summed E-state index contributed by atoms with van der Waals surface area (Å²) in [5, 5.41) is 11.0. The molecule has 4 nitrogen and oxygen atoms in total. The fourth-order valence-electron chi connectivity index (χ4n) is 2.01. The Labute approximate surface area is 87.6 Å². The van der Waals surface area contributed by atoms with Crippen molar-refractivity contribution in [2.45, 2.75) is 12.8 Å². The Hall–Kier alpha value is -1.84. The van der Waals surface area contributed by atoms with E-state index in [-0.39, 0.29) is 0 Å². The molecule has 1 aromatic carbocycles. The molecule has 76 valence electrons. The van der Waals surface area contributed by atoms with Crippen LogP contribution in [0.3, 0.4) is 0 Å². The summed E-state index contributed by atoms with van der Waals surface area (Å²) in [6, 6.07) is 4.10. The van der Waals surface area contributed by atoms with Crippen molar-refractivity contribution in [1.82, 2.24) is 0 Å². The Morgan fingerprint density at radius 2 is 2.33 bits per heavy atom. The molecule has 1 N–H and O–H groups in total. The molecule has 0 atom stereocenters. The summed E-state index contributed by atoms with van der Waals surface area (Å²) >= 11 is 0. The summed E-state index contributed by atoms with van der Waals surface area (Å²) in [5.41, 5.74) is 4.46. The van der Waals surface area contributed by atoms with Crippen LogP contribution in [0, 0.1) is 0 Å². The lowest BCUT2D eigenvalue weighted by Crippen LogP contribution is -2.12. The minimum atomic E-state index is 0.858. The predicted octanol–water partition coefficient (Wildman–Crippen LogP) is 3.04. The van der Waals surface area contributed by atoms with Crippen LogP contribution in [0.2, 0.25) is 0 Å². The number of anilines is 1. The summed E-state index contributed by atoms with van der Waals surface area (Å²) in [6.45, 7) is 1.02. The zero-order valence-corrected chi connectivity index (χ0v) is 8.23. The highest BCUT2D eigenvalue weighted by Crippen LogP contribution is 2.35. The molecule has 0 aliphatic carbocycles. The highest BCUT2D eigenvalue weighted by molar-refractivity contribution is 5.79. The molecule has 2 aliphatic rings. The first kappa shape index (κ1) is 8.47. The van der Waals surface area contributed by atoms with Crippen LogP contribution < -0.4 is 5.32 Å². The van der Waals surface area contributed by atoms with Gasteiger partial charge in [0.2, 0.25) is 0 Å². The molecular formula is C11H11N3O. The van der Waals surface area contributed by atoms with Gasteiger partial charge in [-0.1, -0.05) is 6.07 Å². The monoisotopic (exact) mass is 201 g/mol. The lowest BCUT2D eigenvalue weighted by Gasteiger charge is -2.20. The Balaban J connectivity index is 2.21. The van der Waals surface area contributed by atoms with E-state index in [0.29, 0.717) is 0 Å². The van der Waals surface area contributed by atoms with Crippen molar-refractivity contribution in [2.75, 3.05) is 11.9 Å². The molecule has 2 heterocycles. The van der Waals surface area contributed by atoms with Gasteiger partial charge in [0.25, 0.3) is 0 Å². The maximum Gasteiger partial charge on any atom is 0.124 e. The summed E-state index contributed by atoms with van der Waals surface area (Å²) in [4.78, 5) is 4.82. The second-order valence-corrected chi connectivity index (χ2v) is 3.65. The summed E-state index contributed by atoms with van der Waals surface area (Å²) in [6.07, 6.45) is 5.79. The van der Waals surface area contributed by atoms with E-state index >= 15 is 0 Å². The molecule has 15 heavy (non-hydrogen) atoms. The molecule has 0 fully saturated rings. The number of hydrogen-bond donors (Lipinski definition) is 1. The quantitative estimate of drug-likeness (QED) is 0.701. The predicted molar refractivity (Wildman–Crippen MR) is 57.9 cm³/mol. The number of aryl methyl sites for hydroxylation is 1. The van der Waals surface area contributed by atoms with E-state index in [9.17, 15) is 0 Å². The number of rotatable bonds is 0. The average Bonchev–Trinajstić information content (AvgIpc) is 2.54. The smallest absolute Gasteiger partial charge is 0.124 e. The van der Waals surface area contributed by atoms with Gasteiger partial charge in [-0.15, -0.1) is 5.11 Å². The third-order valence-electron chi connectivity index (χ3n) is 2.72. The zero-order chi connectivity index (χ0) is 10.1. The summed E-state index contributed by atoms with van der Waals surface area (Å²) in [7, 11) is 0. The lowest BCUT2D eigenvalue weighted by atomic mass is 9.98. The highest BCUT2D eigenvalue weighted by Gasteiger charge is 2.15. The van der Waals surface area contributed by atoms with Crippen LogP contribution in [-0.4, -0.2) is 6.54 Å². The van der Waals surface area contributed by atoms with Crippen molar-refractivity contribution in [3.05, 3.63) is 29.5 Å². The molecule has 0 spiro atoms. The first-order valence-electron chi connectivity index (χ1n) is 5.08. The maximum absolute atomic E-state index is 4.82. The van der Waals surface area contributed by atoms with Crippen molar-refractivity contribution < 1.29 is 4.84 Å². The van der Waals surface area contributed by atoms with E-state index in [0.717, 1.165) is 24.2 Å². The van der Waals surface area contributed by atoms with Crippen molar-refractivity contribution in [3.8, 4) is 0 Å². The van der Waals surface area contributed by atoms with E-state index in [1.165, 1.54) is 17.7 Å². The Morgan fingerprint density at radius 3 is 3.33 bits per heavy atom. The fourth-order valence-corrected chi connectivity index (χ4v) is 2.01. The SMILES string of the molecule is C1=Cc2c(ccc3c2NCCC3)N=NO1. The first-order valence-corrected chi connectivity index (χ1v) is 5.08. The van der Waals surface area contributed by atoms with Crippen LogP contribution in [0.4, 0.5) is 11.4 Å². The van der Waals surface area contributed by atoms with Crippen LogP contribution in [0.5, 0.6) is 0 Å². The van der Waals surface area contributed by atoms with Crippen molar-refractivity contribution in [1.29, 1.82) is 0 Å². The number of nitrogens with zero attached hydrogens (tertiary/aromatic N) is 2. The second-order valence-electron chi connectivity index (χ2n) is 3.65. The molecule has 0 aromatic heterocycles. The normalized spacial score (nSPS) is 17.1. The van der Waals surface area contributed by atoms with Crippen LogP contribution in [-0.2, 0) is 11.3 Å². The number of fused-ring (bicyclic) bond motifs is 3. The van der Waals surface area contributed by atoms with Gasteiger partial charge in [0.1, 0.15) is 6.26 Å². The second kappa shape index (κ2) is 3.38. The molecule has 0 saturated heterocycles. The molecule has 3 rings (SSSR count). The van der Waals surface area contributed by atoms with Gasteiger partial charge in [-0.2, -0.15) is 0 Å². The third kappa shape index (κ3) is 1.38. The van der Waals surface area contributed by atoms with E-state index in [2.05, 4.69) is 21.8 Å². The van der Waals surface area contributed by atoms with Crippen molar-refractivity contribution >= 4 is 17.5 Å². The molecular weight excluding hydrogens is 190 g/mol. The van der Waals surface area contributed by atoms with Gasteiger partial charge in [-0.05, 0) is 30.5 Å². The van der Waals surface area contributed by atoms with Crippen molar-refractivity contribution in [2.24, 2.45) is 10.4 Å². The highest BCUT2D eigenvalue weighted by atomic mass is 16.6. The van der Waals surface area contributed by atoms with Crippen LogP contribution >= 0.6 is 0 Å². The number of nitrogens with one attached hydrogen (secondary N) is 1. The molecule has 4 heteroatoms. The van der Waals surface area contributed by atoms with Gasteiger partial charge in [-0.3, -0.25) is 0 Å². The third-order valence-corrected chi connectivity index (χ3v) is 2.72. The lowest BCUT2D eigenvalue weighted by molar-refractivity contribution is 0.246. The van der Waals surface area contributed by atoms with Crippen LogP contribution in [0.25, 0.3) is 6.08 Å².